The zero-order chi connectivity index (χ0) is 23.8. The number of aryl methyl sites for hydroxylation is 1. The number of amides is 2. The molecule has 1 aliphatic carbocycles. The van der Waals surface area contributed by atoms with Crippen molar-refractivity contribution in [3.05, 3.63) is 29.2 Å². The molecule has 2 aromatic rings. The van der Waals surface area contributed by atoms with Gasteiger partial charge in [-0.15, -0.1) is 0 Å². The average Bonchev–Trinajstić information content (AvgIpc) is 3.18. The zero-order valence-electron chi connectivity index (χ0n) is 19.5. The summed E-state index contributed by atoms with van der Waals surface area (Å²) in [5.41, 5.74) is 2.44. The minimum atomic E-state index is -0.943. The Kier molecular flexibility index (Phi) is 6.66. The van der Waals surface area contributed by atoms with E-state index in [1.807, 2.05) is 37.7 Å². The Hall–Kier alpha value is -2.61. The highest BCUT2D eigenvalue weighted by Gasteiger charge is 2.38. The van der Waals surface area contributed by atoms with Gasteiger partial charge in [-0.2, -0.15) is 5.10 Å². The number of nitrogens with one attached hydrogen (secondary N) is 1. The van der Waals surface area contributed by atoms with E-state index in [2.05, 4.69) is 15.4 Å². The first kappa shape index (κ1) is 23.5. The van der Waals surface area contributed by atoms with E-state index < -0.39 is 11.6 Å². The molecule has 1 aliphatic heterocycles. The molecule has 0 bridgehead atoms. The fourth-order valence-electron chi connectivity index (χ4n) is 5.22. The van der Waals surface area contributed by atoms with Crippen molar-refractivity contribution in [1.29, 1.82) is 0 Å². The van der Waals surface area contributed by atoms with E-state index in [-0.39, 0.29) is 17.9 Å². The Morgan fingerprint density at radius 3 is 2.70 bits per heavy atom. The maximum absolute atomic E-state index is 13.1. The van der Waals surface area contributed by atoms with Crippen LogP contribution in [0, 0.1) is 5.92 Å². The smallest absolute Gasteiger partial charge is 0.407 e. The van der Waals surface area contributed by atoms with Crippen molar-refractivity contribution in [2.75, 3.05) is 5.32 Å². The summed E-state index contributed by atoms with van der Waals surface area (Å²) in [4.78, 5) is 30.8. The maximum Gasteiger partial charge on any atom is 0.407 e. The standard InChI is InChI=1S/C24H32ClN5O3/c1-24(2,3)30(23(32)33)16-8-6-7-15(11-16)22(31)28-21-12-17(19(25)14-26-21)18-13-27-29-10-5-4-9-20(18)29/h12-16H,4-11H2,1-3H3,(H,32,33)(H,26,28,31)/t15-,16+/m0/s1. The van der Waals surface area contributed by atoms with Gasteiger partial charge in [-0.25, -0.2) is 9.78 Å². The first-order valence-corrected chi connectivity index (χ1v) is 12.1. The van der Waals surface area contributed by atoms with Crippen molar-refractivity contribution >= 4 is 29.4 Å². The lowest BCUT2D eigenvalue weighted by atomic mass is 9.83. The number of rotatable bonds is 4. The monoisotopic (exact) mass is 473 g/mol. The largest absolute Gasteiger partial charge is 0.465 e. The molecule has 2 aromatic heterocycles. The van der Waals surface area contributed by atoms with Crippen molar-refractivity contribution < 1.29 is 14.7 Å². The molecule has 2 aliphatic rings. The second-order valence-corrected chi connectivity index (χ2v) is 10.5. The number of halogens is 1. The minimum Gasteiger partial charge on any atom is -0.465 e. The Labute approximate surface area is 199 Å². The van der Waals surface area contributed by atoms with Gasteiger partial charge in [0.15, 0.2) is 0 Å². The lowest BCUT2D eigenvalue weighted by molar-refractivity contribution is -0.121. The first-order valence-electron chi connectivity index (χ1n) is 11.7. The number of carboxylic acid groups (broad SMARTS) is 1. The topological polar surface area (TPSA) is 100 Å². The number of hydrogen-bond donors (Lipinski definition) is 2. The zero-order valence-corrected chi connectivity index (χ0v) is 20.2. The normalized spacial score (nSPS) is 20.7. The van der Waals surface area contributed by atoms with Gasteiger partial charge in [0.1, 0.15) is 5.82 Å². The van der Waals surface area contributed by atoms with Crippen LogP contribution in [0.5, 0.6) is 0 Å². The lowest BCUT2D eigenvalue weighted by Crippen LogP contribution is -2.53. The number of carbonyl (C=O) groups is 2. The number of hydrogen-bond acceptors (Lipinski definition) is 4. The van der Waals surface area contributed by atoms with Gasteiger partial charge >= 0.3 is 6.09 Å². The van der Waals surface area contributed by atoms with Gasteiger partial charge in [-0.1, -0.05) is 18.0 Å². The summed E-state index contributed by atoms with van der Waals surface area (Å²) in [6.45, 7) is 6.57. The summed E-state index contributed by atoms with van der Waals surface area (Å²) in [6.07, 6.45) is 8.47. The van der Waals surface area contributed by atoms with Crippen LogP contribution in [0.4, 0.5) is 10.6 Å². The molecular weight excluding hydrogens is 442 g/mol. The molecule has 1 fully saturated rings. The molecule has 178 valence electrons. The van der Waals surface area contributed by atoms with E-state index in [1.165, 1.54) is 4.90 Å². The van der Waals surface area contributed by atoms with E-state index >= 15 is 0 Å². The number of anilines is 1. The van der Waals surface area contributed by atoms with Gasteiger partial charge in [0, 0.05) is 47.1 Å². The van der Waals surface area contributed by atoms with Crippen molar-refractivity contribution in [2.45, 2.75) is 83.8 Å². The summed E-state index contributed by atoms with van der Waals surface area (Å²) in [7, 11) is 0. The Balaban J connectivity index is 1.50. The molecule has 0 radical (unpaired) electrons. The van der Waals surface area contributed by atoms with Crippen molar-refractivity contribution in [3.63, 3.8) is 0 Å². The Bertz CT molecular complexity index is 1050. The molecule has 33 heavy (non-hydrogen) atoms. The molecule has 2 atom stereocenters. The van der Waals surface area contributed by atoms with Gasteiger partial charge in [-0.05, 0) is 65.4 Å². The van der Waals surface area contributed by atoms with Gasteiger partial charge in [0.2, 0.25) is 5.91 Å². The van der Waals surface area contributed by atoms with Crippen molar-refractivity contribution in [3.8, 4) is 11.1 Å². The summed E-state index contributed by atoms with van der Waals surface area (Å²) in [6, 6.07) is 1.63. The number of aromatic nitrogens is 3. The SMILES string of the molecule is CC(C)(C)N(C(=O)O)[C@@H]1CCC[C@H](C(=O)Nc2cc(-c3cnn4c3CCCC4)c(Cl)cn2)C1. The third-order valence-corrected chi connectivity index (χ3v) is 6.99. The average molecular weight is 474 g/mol. The number of pyridine rings is 1. The van der Waals surface area contributed by atoms with Crippen LogP contribution in [0.2, 0.25) is 5.02 Å². The van der Waals surface area contributed by atoms with Crippen molar-refractivity contribution in [2.24, 2.45) is 5.92 Å². The van der Waals surface area contributed by atoms with Crippen LogP contribution in [0.25, 0.3) is 11.1 Å². The molecule has 4 rings (SSSR count). The highest BCUT2D eigenvalue weighted by atomic mass is 35.5. The molecule has 9 heteroatoms. The summed E-state index contributed by atoms with van der Waals surface area (Å²) >= 11 is 6.47. The van der Waals surface area contributed by atoms with Crippen LogP contribution >= 0.6 is 11.6 Å². The minimum absolute atomic E-state index is 0.128. The number of nitrogens with zero attached hydrogens (tertiary/aromatic N) is 4. The number of carbonyl (C=O) groups excluding carboxylic acids is 1. The highest BCUT2D eigenvalue weighted by molar-refractivity contribution is 6.33. The molecule has 0 unspecified atom stereocenters. The van der Waals surface area contributed by atoms with Crippen LogP contribution < -0.4 is 5.32 Å². The fourth-order valence-corrected chi connectivity index (χ4v) is 5.42. The second kappa shape index (κ2) is 9.33. The van der Waals surface area contributed by atoms with Gasteiger partial charge < -0.3 is 15.3 Å². The van der Waals surface area contributed by atoms with Crippen LogP contribution in [0.1, 0.15) is 65.0 Å². The molecule has 0 spiro atoms. The molecule has 8 nitrogen and oxygen atoms in total. The summed E-state index contributed by atoms with van der Waals surface area (Å²) in [5.74, 6) is 0.0535. The quantitative estimate of drug-likeness (QED) is 0.634. The Morgan fingerprint density at radius 1 is 1.18 bits per heavy atom. The van der Waals surface area contributed by atoms with Crippen LogP contribution in [-0.2, 0) is 17.8 Å². The molecule has 2 N–H and O–H groups in total. The third-order valence-electron chi connectivity index (χ3n) is 6.69. The maximum atomic E-state index is 13.1. The summed E-state index contributed by atoms with van der Waals surface area (Å²) in [5, 5.41) is 17.7. The molecule has 3 heterocycles. The van der Waals surface area contributed by atoms with Crippen LogP contribution in [-0.4, -0.2) is 48.4 Å². The molecule has 0 aromatic carbocycles. The van der Waals surface area contributed by atoms with E-state index in [9.17, 15) is 14.7 Å². The second-order valence-electron chi connectivity index (χ2n) is 10.1. The van der Waals surface area contributed by atoms with Crippen molar-refractivity contribution in [1.82, 2.24) is 19.7 Å². The van der Waals surface area contributed by atoms with E-state index in [0.29, 0.717) is 17.3 Å². The third kappa shape index (κ3) is 5.00. The first-order chi connectivity index (χ1) is 15.6. The van der Waals surface area contributed by atoms with E-state index in [4.69, 9.17) is 11.6 Å². The van der Waals surface area contributed by atoms with Gasteiger partial charge in [0.05, 0.1) is 11.2 Å². The Morgan fingerprint density at radius 2 is 1.97 bits per heavy atom. The van der Waals surface area contributed by atoms with E-state index in [0.717, 1.165) is 61.9 Å². The predicted octanol–water partition coefficient (Wildman–Crippen LogP) is 5.21. The summed E-state index contributed by atoms with van der Waals surface area (Å²) < 4.78 is 2.03. The predicted molar refractivity (Wildman–Crippen MR) is 127 cm³/mol. The molecule has 1 saturated carbocycles. The molecule has 0 saturated heterocycles. The number of fused-ring (bicyclic) bond motifs is 1. The van der Waals surface area contributed by atoms with E-state index in [1.54, 1.807) is 6.20 Å². The molecule has 2 amide bonds. The van der Waals surface area contributed by atoms with Gasteiger partial charge in [-0.3, -0.25) is 9.48 Å². The highest BCUT2D eigenvalue weighted by Crippen LogP contribution is 2.35. The van der Waals surface area contributed by atoms with Crippen LogP contribution in [0.15, 0.2) is 18.5 Å². The van der Waals surface area contributed by atoms with Gasteiger partial charge in [0.25, 0.3) is 0 Å². The fraction of sp³-hybridized carbons (Fsp3) is 0.583. The molecular formula is C24H32ClN5O3. The van der Waals surface area contributed by atoms with Crippen LogP contribution in [0.3, 0.4) is 0 Å². The lowest BCUT2D eigenvalue weighted by Gasteiger charge is -2.42.